The van der Waals surface area contributed by atoms with E-state index < -0.39 is 17.9 Å². The number of carbonyl (C=O) groups is 2. The Labute approximate surface area is 82.9 Å². The lowest BCUT2D eigenvalue weighted by Crippen LogP contribution is -2.49. The standard InChI is InChI=1S/C9H16N2O3/c1-6-2-3-11(5-8(10)12)7(4-6)9(13)14/h6-7H,2-5H2,1H3,(H2,10,12)(H,13,14). The van der Waals surface area contributed by atoms with Crippen LogP contribution < -0.4 is 5.73 Å². The molecule has 5 heteroatoms. The van der Waals surface area contributed by atoms with Crippen LogP contribution in [0.4, 0.5) is 0 Å². The van der Waals surface area contributed by atoms with Crippen molar-refractivity contribution in [2.75, 3.05) is 13.1 Å². The van der Waals surface area contributed by atoms with Gasteiger partial charge in [0.2, 0.25) is 5.91 Å². The number of likely N-dealkylation sites (tertiary alicyclic amines) is 1. The second-order valence-corrected chi connectivity index (χ2v) is 3.92. The largest absolute Gasteiger partial charge is 0.480 e. The number of amides is 1. The molecule has 1 aliphatic rings. The zero-order valence-electron chi connectivity index (χ0n) is 8.27. The highest BCUT2D eigenvalue weighted by Gasteiger charge is 2.32. The molecule has 1 saturated heterocycles. The monoisotopic (exact) mass is 200 g/mol. The van der Waals surface area contributed by atoms with Gasteiger partial charge in [0.25, 0.3) is 0 Å². The second kappa shape index (κ2) is 4.41. The van der Waals surface area contributed by atoms with Crippen LogP contribution in [-0.4, -0.2) is 41.0 Å². The van der Waals surface area contributed by atoms with E-state index in [0.29, 0.717) is 18.9 Å². The number of carboxylic acid groups (broad SMARTS) is 1. The Morgan fingerprint density at radius 2 is 2.21 bits per heavy atom. The van der Waals surface area contributed by atoms with Crippen molar-refractivity contribution in [3.63, 3.8) is 0 Å². The van der Waals surface area contributed by atoms with Crippen molar-refractivity contribution in [2.45, 2.75) is 25.8 Å². The van der Waals surface area contributed by atoms with Gasteiger partial charge in [-0.3, -0.25) is 14.5 Å². The molecule has 0 radical (unpaired) electrons. The molecule has 0 aromatic carbocycles. The maximum Gasteiger partial charge on any atom is 0.320 e. The Morgan fingerprint density at radius 3 is 2.71 bits per heavy atom. The van der Waals surface area contributed by atoms with Gasteiger partial charge < -0.3 is 10.8 Å². The number of carboxylic acids is 1. The van der Waals surface area contributed by atoms with E-state index in [1.807, 2.05) is 6.92 Å². The third-order valence-corrected chi connectivity index (χ3v) is 2.62. The van der Waals surface area contributed by atoms with Crippen LogP contribution in [0.3, 0.4) is 0 Å². The summed E-state index contributed by atoms with van der Waals surface area (Å²) < 4.78 is 0. The molecule has 1 aliphatic heterocycles. The molecule has 1 amide bonds. The summed E-state index contributed by atoms with van der Waals surface area (Å²) in [5, 5.41) is 8.95. The van der Waals surface area contributed by atoms with E-state index in [4.69, 9.17) is 10.8 Å². The number of piperidine rings is 1. The third kappa shape index (κ3) is 2.70. The number of nitrogens with two attached hydrogens (primary N) is 1. The number of nitrogens with zero attached hydrogens (tertiary/aromatic N) is 1. The first kappa shape index (κ1) is 11.0. The van der Waals surface area contributed by atoms with E-state index in [2.05, 4.69) is 0 Å². The van der Waals surface area contributed by atoms with Gasteiger partial charge in [-0.15, -0.1) is 0 Å². The van der Waals surface area contributed by atoms with Crippen molar-refractivity contribution in [3.05, 3.63) is 0 Å². The van der Waals surface area contributed by atoms with Crippen LogP contribution in [-0.2, 0) is 9.59 Å². The zero-order valence-corrected chi connectivity index (χ0v) is 8.27. The van der Waals surface area contributed by atoms with Crippen LogP contribution in [0.1, 0.15) is 19.8 Å². The number of aliphatic carboxylic acids is 1. The normalized spacial score (nSPS) is 28.6. The van der Waals surface area contributed by atoms with Gasteiger partial charge in [-0.2, -0.15) is 0 Å². The fraction of sp³-hybridized carbons (Fsp3) is 0.778. The summed E-state index contributed by atoms with van der Waals surface area (Å²) in [6.45, 7) is 2.71. The van der Waals surface area contributed by atoms with Gasteiger partial charge in [0, 0.05) is 0 Å². The van der Waals surface area contributed by atoms with Crippen LogP contribution in [0.5, 0.6) is 0 Å². The highest BCUT2D eigenvalue weighted by molar-refractivity contribution is 5.78. The molecule has 0 bridgehead atoms. The van der Waals surface area contributed by atoms with Crippen LogP contribution in [0.25, 0.3) is 0 Å². The maximum atomic E-state index is 10.9. The Morgan fingerprint density at radius 1 is 1.57 bits per heavy atom. The van der Waals surface area contributed by atoms with Gasteiger partial charge in [-0.25, -0.2) is 0 Å². The second-order valence-electron chi connectivity index (χ2n) is 3.92. The van der Waals surface area contributed by atoms with Crippen molar-refractivity contribution in [2.24, 2.45) is 11.7 Å². The fourth-order valence-corrected chi connectivity index (χ4v) is 1.84. The minimum Gasteiger partial charge on any atom is -0.480 e. The molecule has 1 rings (SSSR count). The summed E-state index contributed by atoms with van der Waals surface area (Å²) in [6, 6.07) is -0.550. The van der Waals surface area contributed by atoms with E-state index in [1.54, 1.807) is 4.90 Å². The number of hydrogen-bond acceptors (Lipinski definition) is 3. The van der Waals surface area contributed by atoms with E-state index in [9.17, 15) is 9.59 Å². The highest BCUT2D eigenvalue weighted by atomic mass is 16.4. The number of primary amides is 1. The molecule has 2 unspecified atom stereocenters. The van der Waals surface area contributed by atoms with Gasteiger partial charge in [-0.1, -0.05) is 6.92 Å². The molecule has 1 fully saturated rings. The predicted molar refractivity (Wildman–Crippen MR) is 50.6 cm³/mol. The highest BCUT2D eigenvalue weighted by Crippen LogP contribution is 2.22. The van der Waals surface area contributed by atoms with Gasteiger partial charge in [0.05, 0.1) is 6.54 Å². The molecule has 2 atom stereocenters. The van der Waals surface area contributed by atoms with E-state index >= 15 is 0 Å². The Hall–Kier alpha value is -1.10. The van der Waals surface area contributed by atoms with E-state index in [0.717, 1.165) is 6.42 Å². The maximum absolute atomic E-state index is 10.9. The molecule has 80 valence electrons. The number of rotatable bonds is 3. The first-order valence-electron chi connectivity index (χ1n) is 4.76. The topological polar surface area (TPSA) is 83.6 Å². The molecule has 5 nitrogen and oxygen atoms in total. The van der Waals surface area contributed by atoms with E-state index in [1.165, 1.54) is 0 Å². The van der Waals surface area contributed by atoms with Crippen molar-refractivity contribution >= 4 is 11.9 Å². The Kier molecular flexibility index (Phi) is 3.46. The van der Waals surface area contributed by atoms with Crippen molar-refractivity contribution in [3.8, 4) is 0 Å². The number of carbonyl (C=O) groups excluding carboxylic acids is 1. The van der Waals surface area contributed by atoms with Gasteiger partial charge in [-0.05, 0) is 25.3 Å². The van der Waals surface area contributed by atoms with Gasteiger partial charge >= 0.3 is 5.97 Å². The SMILES string of the molecule is CC1CCN(CC(N)=O)C(C(=O)O)C1. The lowest BCUT2D eigenvalue weighted by Gasteiger charge is -2.34. The molecule has 0 aromatic heterocycles. The summed E-state index contributed by atoms with van der Waals surface area (Å²) in [6.07, 6.45) is 1.53. The molecule has 0 saturated carbocycles. The van der Waals surface area contributed by atoms with Crippen LogP contribution in [0, 0.1) is 5.92 Å². The average molecular weight is 200 g/mol. The first-order valence-corrected chi connectivity index (χ1v) is 4.76. The summed E-state index contributed by atoms with van der Waals surface area (Å²) in [4.78, 5) is 23.2. The van der Waals surface area contributed by atoms with Crippen LogP contribution >= 0.6 is 0 Å². The summed E-state index contributed by atoms with van der Waals surface area (Å²) >= 11 is 0. The van der Waals surface area contributed by atoms with Gasteiger partial charge in [0.1, 0.15) is 6.04 Å². The first-order chi connectivity index (χ1) is 6.50. The lowest BCUT2D eigenvalue weighted by atomic mass is 9.92. The van der Waals surface area contributed by atoms with Crippen molar-refractivity contribution in [1.82, 2.24) is 4.90 Å². The summed E-state index contributed by atoms with van der Waals surface area (Å²) in [5.41, 5.74) is 5.05. The molecule has 0 spiro atoms. The summed E-state index contributed by atoms with van der Waals surface area (Å²) in [5.74, 6) is -0.927. The Balaban J connectivity index is 2.62. The lowest BCUT2D eigenvalue weighted by molar-refractivity contribution is -0.145. The van der Waals surface area contributed by atoms with Gasteiger partial charge in [0.15, 0.2) is 0 Å². The van der Waals surface area contributed by atoms with E-state index in [-0.39, 0.29) is 6.54 Å². The minimum atomic E-state index is -0.863. The number of hydrogen-bond donors (Lipinski definition) is 2. The summed E-state index contributed by atoms with van der Waals surface area (Å²) in [7, 11) is 0. The smallest absolute Gasteiger partial charge is 0.320 e. The zero-order chi connectivity index (χ0) is 10.7. The molecular formula is C9H16N2O3. The van der Waals surface area contributed by atoms with Crippen molar-refractivity contribution < 1.29 is 14.7 Å². The van der Waals surface area contributed by atoms with Crippen LogP contribution in [0.2, 0.25) is 0 Å². The molecule has 14 heavy (non-hydrogen) atoms. The average Bonchev–Trinajstić information content (AvgIpc) is 2.07. The molecule has 3 N–H and O–H groups in total. The third-order valence-electron chi connectivity index (χ3n) is 2.62. The predicted octanol–water partition coefficient (Wildman–Crippen LogP) is -0.343. The molecule has 0 aromatic rings. The van der Waals surface area contributed by atoms with Crippen LogP contribution in [0.15, 0.2) is 0 Å². The molecular weight excluding hydrogens is 184 g/mol. The minimum absolute atomic E-state index is 0.0453. The quantitative estimate of drug-likeness (QED) is 0.652. The molecule has 1 heterocycles. The Bertz CT molecular complexity index is 242. The van der Waals surface area contributed by atoms with Crippen molar-refractivity contribution in [1.29, 1.82) is 0 Å². The molecule has 0 aliphatic carbocycles. The fourth-order valence-electron chi connectivity index (χ4n) is 1.84.